The van der Waals surface area contributed by atoms with Crippen LogP contribution in [-0.2, 0) is 10.0 Å². The van der Waals surface area contributed by atoms with E-state index < -0.39 is 10.0 Å². The second kappa shape index (κ2) is 9.91. The maximum Gasteiger partial charge on any atom is 0.252 e. The van der Waals surface area contributed by atoms with Crippen molar-refractivity contribution >= 4 is 33.2 Å². The fourth-order valence-corrected chi connectivity index (χ4v) is 3.86. The minimum Gasteiger partial charge on any atom is -0.372 e. The molecule has 0 bridgehead atoms. The van der Waals surface area contributed by atoms with Gasteiger partial charge in [-0.15, -0.1) is 0 Å². The molecular formula is C20H26ClN3O3S. The van der Waals surface area contributed by atoms with Crippen molar-refractivity contribution in [1.82, 2.24) is 9.62 Å². The zero-order valence-corrected chi connectivity index (χ0v) is 17.9. The van der Waals surface area contributed by atoms with Crippen molar-refractivity contribution in [3.05, 3.63) is 59.1 Å². The van der Waals surface area contributed by atoms with Crippen LogP contribution < -0.4 is 10.2 Å². The molecule has 0 fully saturated rings. The number of hydrogen-bond donors (Lipinski definition) is 1. The molecule has 0 aromatic heterocycles. The Morgan fingerprint density at radius 2 is 1.79 bits per heavy atom. The second-order valence-corrected chi connectivity index (χ2v) is 9.01. The van der Waals surface area contributed by atoms with E-state index in [9.17, 15) is 13.2 Å². The summed E-state index contributed by atoms with van der Waals surface area (Å²) in [6.45, 7) is 4.21. The van der Waals surface area contributed by atoms with Crippen LogP contribution >= 0.6 is 11.6 Å². The second-order valence-electron chi connectivity index (χ2n) is 6.45. The minimum atomic E-state index is -3.63. The van der Waals surface area contributed by atoms with E-state index in [1.54, 1.807) is 0 Å². The Bertz CT molecular complexity index is 902. The largest absolute Gasteiger partial charge is 0.372 e. The maximum atomic E-state index is 12.5. The first kappa shape index (κ1) is 22.2. The van der Waals surface area contributed by atoms with E-state index in [-0.39, 0.29) is 21.4 Å². The van der Waals surface area contributed by atoms with Gasteiger partial charge in [0.1, 0.15) is 0 Å². The molecule has 0 saturated carbocycles. The lowest BCUT2D eigenvalue weighted by Gasteiger charge is -2.23. The number of sulfonamides is 1. The van der Waals surface area contributed by atoms with Gasteiger partial charge in [-0.3, -0.25) is 4.79 Å². The highest BCUT2D eigenvalue weighted by molar-refractivity contribution is 7.89. The average molecular weight is 424 g/mol. The van der Waals surface area contributed by atoms with Gasteiger partial charge in [-0.05, 0) is 43.7 Å². The lowest BCUT2D eigenvalue weighted by atomic mass is 10.2. The number of nitrogens with zero attached hydrogens (tertiary/aromatic N) is 2. The SMILES string of the molecule is CCN(CCCNC(=O)c1cc(S(=O)(=O)N(C)C)ccc1Cl)c1ccccc1. The van der Waals surface area contributed by atoms with Gasteiger partial charge < -0.3 is 10.2 Å². The monoisotopic (exact) mass is 423 g/mol. The van der Waals surface area contributed by atoms with E-state index in [4.69, 9.17) is 11.6 Å². The van der Waals surface area contributed by atoms with Gasteiger partial charge in [-0.2, -0.15) is 0 Å². The summed E-state index contributed by atoms with van der Waals surface area (Å²) in [5.41, 5.74) is 1.29. The van der Waals surface area contributed by atoms with E-state index >= 15 is 0 Å². The Morgan fingerprint density at radius 1 is 1.11 bits per heavy atom. The summed E-state index contributed by atoms with van der Waals surface area (Å²) in [4.78, 5) is 14.7. The van der Waals surface area contributed by atoms with Crippen molar-refractivity contribution in [2.75, 3.05) is 38.6 Å². The fraction of sp³-hybridized carbons (Fsp3) is 0.350. The number of rotatable bonds is 9. The van der Waals surface area contributed by atoms with Gasteiger partial charge >= 0.3 is 0 Å². The van der Waals surface area contributed by atoms with Crippen LogP contribution in [-0.4, -0.2) is 52.4 Å². The summed E-state index contributed by atoms with van der Waals surface area (Å²) < 4.78 is 25.6. The number of carbonyl (C=O) groups is 1. The minimum absolute atomic E-state index is 0.0354. The first-order valence-electron chi connectivity index (χ1n) is 9.07. The Labute approximate surface area is 172 Å². The molecule has 6 nitrogen and oxygen atoms in total. The zero-order valence-electron chi connectivity index (χ0n) is 16.4. The van der Waals surface area contributed by atoms with E-state index in [1.165, 1.54) is 32.3 Å². The molecule has 0 aliphatic heterocycles. The van der Waals surface area contributed by atoms with E-state index in [0.717, 1.165) is 29.5 Å². The molecule has 152 valence electrons. The van der Waals surface area contributed by atoms with Crippen LogP contribution in [0, 0.1) is 0 Å². The van der Waals surface area contributed by atoms with E-state index in [1.807, 2.05) is 18.2 Å². The quantitative estimate of drug-likeness (QED) is 0.628. The predicted molar refractivity (Wildman–Crippen MR) is 114 cm³/mol. The molecule has 1 amide bonds. The number of halogens is 1. The van der Waals surface area contributed by atoms with Gasteiger partial charge in [-0.1, -0.05) is 29.8 Å². The first-order chi connectivity index (χ1) is 13.3. The Morgan fingerprint density at radius 3 is 2.39 bits per heavy atom. The number of benzene rings is 2. The Hall–Kier alpha value is -2.09. The third-order valence-corrected chi connectivity index (χ3v) is 6.50. The molecule has 0 aliphatic rings. The third-order valence-electron chi connectivity index (χ3n) is 4.35. The van der Waals surface area contributed by atoms with Crippen LogP contribution in [0.15, 0.2) is 53.4 Å². The molecule has 28 heavy (non-hydrogen) atoms. The van der Waals surface area contributed by atoms with Crippen LogP contribution in [0.25, 0.3) is 0 Å². The number of amides is 1. The molecule has 2 aromatic carbocycles. The van der Waals surface area contributed by atoms with Gasteiger partial charge in [0, 0.05) is 39.4 Å². The molecule has 8 heteroatoms. The van der Waals surface area contributed by atoms with Gasteiger partial charge in [0.2, 0.25) is 10.0 Å². The maximum absolute atomic E-state index is 12.5. The number of para-hydroxylation sites is 1. The lowest BCUT2D eigenvalue weighted by molar-refractivity contribution is 0.0953. The lowest BCUT2D eigenvalue weighted by Crippen LogP contribution is -2.30. The molecule has 0 aliphatic carbocycles. The summed E-state index contributed by atoms with van der Waals surface area (Å²) >= 11 is 6.11. The van der Waals surface area contributed by atoms with Crippen molar-refractivity contribution < 1.29 is 13.2 Å². The fourth-order valence-electron chi connectivity index (χ4n) is 2.73. The molecule has 0 heterocycles. The van der Waals surface area contributed by atoms with Crippen LogP contribution in [0.5, 0.6) is 0 Å². The number of anilines is 1. The van der Waals surface area contributed by atoms with Crippen molar-refractivity contribution in [3.8, 4) is 0 Å². The Kier molecular flexibility index (Phi) is 7.86. The van der Waals surface area contributed by atoms with Crippen molar-refractivity contribution in [3.63, 3.8) is 0 Å². The highest BCUT2D eigenvalue weighted by atomic mass is 35.5. The summed E-state index contributed by atoms with van der Waals surface area (Å²) in [7, 11) is -0.751. The standard InChI is InChI=1S/C20H26ClN3O3S/c1-4-24(16-9-6-5-7-10-16)14-8-13-22-20(25)18-15-17(11-12-19(18)21)28(26,27)23(2)3/h5-7,9-12,15H,4,8,13-14H2,1-3H3,(H,22,25). The van der Waals surface area contributed by atoms with Crippen LogP contribution in [0.2, 0.25) is 5.02 Å². The molecule has 0 unspecified atom stereocenters. The van der Waals surface area contributed by atoms with Crippen molar-refractivity contribution in [2.45, 2.75) is 18.2 Å². The predicted octanol–water partition coefficient (Wildman–Crippen LogP) is 3.24. The average Bonchev–Trinajstić information content (AvgIpc) is 2.68. The molecule has 2 rings (SSSR count). The molecule has 2 aromatic rings. The van der Waals surface area contributed by atoms with Crippen molar-refractivity contribution in [2.24, 2.45) is 0 Å². The van der Waals surface area contributed by atoms with Gasteiger partial charge in [0.25, 0.3) is 5.91 Å². The zero-order chi connectivity index (χ0) is 20.7. The number of carbonyl (C=O) groups excluding carboxylic acids is 1. The van der Waals surface area contributed by atoms with Crippen LogP contribution in [0.3, 0.4) is 0 Å². The summed E-state index contributed by atoms with van der Waals surface area (Å²) in [5.74, 6) is -0.386. The first-order valence-corrected chi connectivity index (χ1v) is 10.9. The summed E-state index contributed by atoms with van der Waals surface area (Å²) in [6, 6.07) is 14.2. The molecular weight excluding hydrogens is 398 g/mol. The number of hydrogen-bond acceptors (Lipinski definition) is 4. The van der Waals surface area contributed by atoms with Crippen molar-refractivity contribution in [1.29, 1.82) is 0 Å². The molecule has 0 radical (unpaired) electrons. The highest BCUT2D eigenvalue weighted by Crippen LogP contribution is 2.22. The number of nitrogens with one attached hydrogen (secondary N) is 1. The normalized spacial score (nSPS) is 11.5. The smallest absolute Gasteiger partial charge is 0.252 e. The third kappa shape index (κ3) is 5.47. The van der Waals surface area contributed by atoms with Gasteiger partial charge in [0.05, 0.1) is 15.5 Å². The summed E-state index contributed by atoms with van der Waals surface area (Å²) in [5, 5.41) is 3.04. The van der Waals surface area contributed by atoms with E-state index in [2.05, 4.69) is 29.3 Å². The molecule has 0 spiro atoms. The van der Waals surface area contributed by atoms with Gasteiger partial charge in [-0.25, -0.2) is 12.7 Å². The summed E-state index contributed by atoms with van der Waals surface area (Å²) in [6.07, 6.45) is 0.752. The Balaban J connectivity index is 1.98. The molecule has 0 saturated heterocycles. The topological polar surface area (TPSA) is 69.7 Å². The van der Waals surface area contributed by atoms with Crippen LogP contribution in [0.4, 0.5) is 5.69 Å². The highest BCUT2D eigenvalue weighted by Gasteiger charge is 2.20. The van der Waals surface area contributed by atoms with E-state index in [0.29, 0.717) is 6.54 Å². The molecule has 1 N–H and O–H groups in total. The van der Waals surface area contributed by atoms with Gasteiger partial charge in [0.15, 0.2) is 0 Å². The van der Waals surface area contributed by atoms with Crippen LogP contribution in [0.1, 0.15) is 23.7 Å². The molecule has 0 atom stereocenters.